The van der Waals surface area contributed by atoms with E-state index in [9.17, 15) is 0 Å². The smallest absolute Gasteiger partial charge is 0.0598 e. The first-order chi connectivity index (χ1) is 10.4. The van der Waals surface area contributed by atoms with Gasteiger partial charge in [0, 0.05) is 31.9 Å². The zero-order chi connectivity index (χ0) is 14.5. The fourth-order valence-corrected chi connectivity index (χ4v) is 3.61. The van der Waals surface area contributed by atoms with E-state index in [-0.39, 0.29) is 0 Å². The van der Waals surface area contributed by atoms with Crippen molar-refractivity contribution in [2.24, 2.45) is 0 Å². The van der Waals surface area contributed by atoms with Gasteiger partial charge in [-0.3, -0.25) is 9.88 Å². The summed E-state index contributed by atoms with van der Waals surface area (Å²) in [5.74, 6) is 0. The fraction of sp³-hybridized carbons (Fsp3) is 0.706. The van der Waals surface area contributed by atoms with Crippen LogP contribution in [-0.4, -0.2) is 48.6 Å². The van der Waals surface area contributed by atoms with Gasteiger partial charge in [0.15, 0.2) is 0 Å². The number of hydrogen-bond donors (Lipinski definition) is 1. The van der Waals surface area contributed by atoms with Crippen LogP contribution < -0.4 is 10.2 Å². The molecule has 0 aliphatic carbocycles. The molecule has 116 valence electrons. The summed E-state index contributed by atoms with van der Waals surface area (Å²) in [6.07, 6.45) is 9.22. The molecule has 2 aliphatic heterocycles. The van der Waals surface area contributed by atoms with E-state index in [1.54, 1.807) is 0 Å². The molecule has 2 saturated heterocycles. The molecule has 4 nitrogen and oxygen atoms in total. The molecule has 3 rings (SSSR count). The summed E-state index contributed by atoms with van der Waals surface area (Å²) >= 11 is 0. The van der Waals surface area contributed by atoms with Crippen molar-refractivity contribution < 1.29 is 0 Å². The van der Waals surface area contributed by atoms with Crippen LogP contribution in [0.25, 0.3) is 0 Å². The van der Waals surface area contributed by atoms with Crippen molar-refractivity contribution in [2.45, 2.75) is 45.2 Å². The average Bonchev–Trinajstić information content (AvgIpc) is 3.19. The molecule has 1 aromatic rings. The van der Waals surface area contributed by atoms with Crippen molar-refractivity contribution in [3.63, 3.8) is 0 Å². The van der Waals surface area contributed by atoms with E-state index in [4.69, 9.17) is 0 Å². The number of hydrogen-bond acceptors (Lipinski definition) is 4. The van der Waals surface area contributed by atoms with Crippen LogP contribution in [-0.2, 0) is 6.54 Å². The quantitative estimate of drug-likeness (QED) is 0.814. The van der Waals surface area contributed by atoms with Crippen LogP contribution in [0.5, 0.6) is 0 Å². The normalized spacial score (nSPS) is 23.1. The highest BCUT2D eigenvalue weighted by Gasteiger charge is 2.30. The molecule has 0 saturated carbocycles. The Kier molecular flexibility index (Phi) is 5.09. The number of nitrogens with zero attached hydrogens (tertiary/aromatic N) is 3. The lowest BCUT2D eigenvalue weighted by atomic mass is 10.2. The summed E-state index contributed by atoms with van der Waals surface area (Å²) in [5, 5.41) is 3.52. The van der Waals surface area contributed by atoms with Gasteiger partial charge in [0.25, 0.3) is 0 Å². The molecular weight excluding hydrogens is 260 g/mol. The predicted octanol–water partition coefficient (Wildman–Crippen LogP) is 2.26. The Morgan fingerprint density at radius 2 is 2.14 bits per heavy atom. The highest BCUT2D eigenvalue weighted by Crippen LogP contribution is 2.27. The molecule has 0 aromatic carbocycles. The summed E-state index contributed by atoms with van der Waals surface area (Å²) in [6.45, 7) is 9.20. The van der Waals surface area contributed by atoms with Crippen LogP contribution in [0.3, 0.4) is 0 Å². The predicted molar refractivity (Wildman–Crippen MR) is 87.7 cm³/mol. The van der Waals surface area contributed by atoms with Crippen LogP contribution in [0.4, 0.5) is 5.69 Å². The monoisotopic (exact) mass is 288 g/mol. The largest absolute Gasteiger partial charge is 0.368 e. The molecule has 0 radical (unpaired) electrons. The van der Waals surface area contributed by atoms with E-state index < -0.39 is 0 Å². The minimum atomic E-state index is 0.754. The molecule has 2 fully saturated rings. The SMILES string of the molecule is CCCNCc1ccncc1N1CCC(N2CCCC2)C1. The van der Waals surface area contributed by atoms with Gasteiger partial charge < -0.3 is 10.2 Å². The standard InChI is InChI=1S/C17H28N4/c1-2-7-18-12-15-5-8-19-13-17(15)21-11-6-16(14-21)20-9-3-4-10-20/h5,8,13,16,18H,2-4,6-7,9-12,14H2,1H3. The molecule has 21 heavy (non-hydrogen) atoms. The molecule has 4 heteroatoms. The van der Waals surface area contributed by atoms with E-state index in [1.807, 2.05) is 6.20 Å². The summed E-state index contributed by atoms with van der Waals surface area (Å²) in [4.78, 5) is 9.58. The van der Waals surface area contributed by atoms with E-state index in [0.717, 1.165) is 19.1 Å². The van der Waals surface area contributed by atoms with E-state index >= 15 is 0 Å². The Bertz CT molecular complexity index is 442. The number of likely N-dealkylation sites (tertiary alicyclic amines) is 1. The lowest BCUT2D eigenvalue weighted by Crippen LogP contribution is -2.35. The highest BCUT2D eigenvalue weighted by molar-refractivity contribution is 5.52. The van der Waals surface area contributed by atoms with Gasteiger partial charge in [-0.25, -0.2) is 0 Å². The molecule has 0 amide bonds. The lowest BCUT2D eigenvalue weighted by molar-refractivity contribution is 0.260. The molecule has 1 atom stereocenters. The van der Waals surface area contributed by atoms with Crippen molar-refractivity contribution in [2.75, 3.05) is 37.6 Å². The molecule has 2 aliphatic rings. The van der Waals surface area contributed by atoms with E-state index in [1.165, 1.54) is 63.1 Å². The highest BCUT2D eigenvalue weighted by atomic mass is 15.3. The van der Waals surface area contributed by atoms with Crippen molar-refractivity contribution in [1.29, 1.82) is 0 Å². The van der Waals surface area contributed by atoms with E-state index in [2.05, 4.69) is 39.3 Å². The number of pyridine rings is 1. The molecular formula is C17H28N4. The van der Waals surface area contributed by atoms with Crippen LogP contribution in [0.15, 0.2) is 18.5 Å². The van der Waals surface area contributed by atoms with Crippen molar-refractivity contribution in [3.8, 4) is 0 Å². The van der Waals surface area contributed by atoms with Crippen LogP contribution in [0.1, 0.15) is 38.2 Å². The maximum Gasteiger partial charge on any atom is 0.0598 e. The van der Waals surface area contributed by atoms with Crippen LogP contribution in [0, 0.1) is 0 Å². The van der Waals surface area contributed by atoms with Gasteiger partial charge in [0.2, 0.25) is 0 Å². The first-order valence-electron chi connectivity index (χ1n) is 8.51. The zero-order valence-electron chi connectivity index (χ0n) is 13.2. The van der Waals surface area contributed by atoms with Crippen molar-refractivity contribution >= 4 is 5.69 Å². The second-order valence-corrected chi connectivity index (χ2v) is 6.31. The summed E-state index contributed by atoms with van der Waals surface area (Å²) in [5.41, 5.74) is 2.73. The third kappa shape index (κ3) is 3.55. The first kappa shape index (κ1) is 14.8. The first-order valence-corrected chi connectivity index (χ1v) is 8.51. The van der Waals surface area contributed by atoms with Crippen molar-refractivity contribution in [3.05, 3.63) is 24.0 Å². The molecule has 1 N–H and O–H groups in total. The second kappa shape index (κ2) is 7.23. The third-order valence-corrected chi connectivity index (χ3v) is 4.79. The number of nitrogens with one attached hydrogen (secondary N) is 1. The van der Waals surface area contributed by atoms with E-state index in [0.29, 0.717) is 0 Å². The van der Waals surface area contributed by atoms with Gasteiger partial charge in [0.05, 0.1) is 11.9 Å². The number of anilines is 1. The third-order valence-electron chi connectivity index (χ3n) is 4.79. The minimum Gasteiger partial charge on any atom is -0.368 e. The lowest BCUT2D eigenvalue weighted by Gasteiger charge is -2.25. The Labute approximate surface area is 128 Å². The summed E-state index contributed by atoms with van der Waals surface area (Å²) in [7, 11) is 0. The molecule has 1 unspecified atom stereocenters. The van der Waals surface area contributed by atoms with Gasteiger partial charge in [-0.1, -0.05) is 6.92 Å². The Morgan fingerprint density at radius 3 is 2.95 bits per heavy atom. The van der Waals surface area contributed by atoms with Crippen molar-refractivity contribution in [1.82, 2.24) is 15.2 Å². The Balaban J connectivity index is 1.63. The maximum absolute atomic E-state index is 4.36. The van der Waals surface area contributed by atoms with Gasteiger partial charge in [-0.2, -0.15) is 0 Å². The Morgan fingerprint density at radius 1 is 1.29 bits per heavy atom. The van der Waals surface area contributed by atoms with Gasteiger partial charge in [-0.15, -0.1) is 0 Å². The zero-order valence-corrected chi connectivity index (χ0v) is 13.2. The number of aromatic nitrogens is 1. The minimum absolute atomic E-state index is 0.754. The molecule has 0 bridgehead atoms. The molecule has 0 spiro atoms. The maximum atomic E-state index is 4.36. The van der Waals surface area contributed by atoms with Crippen LogP contribution >= 0.6 is 0 Å². The summed E-state index contributed by atoms with van der Waals surface area (Å²) < 4.78 is 0. The average molecular weight is 288 g/mol. The molecule has 3 heterocycles. The molecule has 1 aromatic heterocycles. The fourth-order valence-electron chi connectivity index (χ4n) is 3.61. The van der Waals surface area contributed by atoms with Crippen LogP contribution in [0.2, 0.25) is 0 Å². The van der Waals surface area contributed by atoms with Gasteiger partial charge in [0.1, 0.15) is 0 Å². The summed E-state index contributed by atoms with van der Waals surface area (Å²) in [6, 6.07) is 2.92. The number of rotatable bonds is 6. The van der Waals surface area contributed by atoms with Gasteiger partial charge >= 0.3 is 0 Å². The topological polar surface area (TPSA) is 31.4 Å². The van der Waals surface area contributed by atoms with Gasteiger partial charge in [-0.05, 0) is 56.9 Å². The second-order valence-electron chi connectivity index (χ2n) is 6.31. The Hall–Kier alpha value is -1.13.